The summed E-state index contributed by atoms with van der Waals surface area (Å²) in [5.41, 5.74) is 6.04. The highest BCUT2D eigenvalue weighted by atomic mass is 15.4. The number of pyridine rings is 1. The molecule has 0 fully saturated rings. The lowest BCUT2D eigenvalue weighted by Gasteiger charge is -2.02. The number of nitrogens with one attached hydrogen (secondary N) is 1. The molecule has 4 heteroatoms. The minimum absolute atomic E-state index is 1.18. The topological polar surface area (TPSA) is 28.5 Å². The van der Waals surface area contributed by atoms with Gasteiger partial charge in [-0.1, -0.05) is 30.3 Å². The van der Waals surface area contributed by atoms with Gasteiger partial charge in [-0.05, 0) is 23.6 Å². The normalized spacial score (nSPS) is 12.4. The van der Waals surface area contributed by atoms with Gasteiger partial charge in [0, 0.05) is 47.4 Å². The van der Waals surface area contributed by atoms with Crippen molar-refractivity contribution in [2.24, 2.45) is 0 Å². The number of rotatable bonds is 1. The summed E-state index contributed by atoms with van der Waals surface area (Å²) in [6.07, 6.45) is 4.19. The van der Waals surface area contributed by atoms with Crippen LogP contribution in [0.3, 0.4) is 0 Å². The quantitative estimate of drug-likeness (QED) is 0.417. The van der Waals surface area contributed by atoms with Crippen molar-refractivity contribution >= 4 is 43.6 Å². The Kier molecular flexibility index (Phi) is 2.23. The van der Waals surface area contributed by atoms with E-state index < -0.39 is 0 Å². The summed E-state index contributed by atoms with van der Waals surface area (Å²) in [5, 5.41) is 8.66. The first-order chi connectivity index (χ1) is 13.4. The number of H-pyrrole nitrogens is 1. The van der Waals surface area contributed by atoms with E-state index in [1.165, 1.54) is 49.3 Å². The van der Waals surface area contributed by atoms with E-state index in [0.717, 1.165) is 0 Å². The largest absolute Gasteiger partial charge is 0.248 e. The molecule has 126 valence electrons. The maximum atomic E-state index is 3.55. The van der Waals surface area contributed by atoms with Crippen LogP contribution in [0.1, 0.15) is 0 Å². The second kappa shape index (κ2) is 4.48. The number of hydrogen-bond donors (Lipinski definition) is 1. The van der Waals surface area contributed by atoms with E-state index >= 15 is 0 Å². The van der Waals surface area contributed by atoms with Crippen molar-refractivity contribution in [2.45, 2.75) is 0 Å². The predicted octanol–water partition coefficient (Wildman–Crippen LogP) is 4.69. The third-order valence-electron chi connectivity index (χ3n) is 5.73. The van der Waals surface area contributed by atoms with E-state index in [0.29, 0.717) is 0 Å². The van der Waals surface area contributed by atoms with Crippen molar-refractivity contribution < 1.29 is 4.57 Å². The summed E-state index contributed by atoms with van der Waals surface area (Å²) < 4.78 is 6.62. The minimum Gasteiger partial charge on any atom is -0.248 e. The first-order valence-corrected chi connectivity index (χ1v) is 9.14. The van der Waals surface area contributed by atoms with Crippen LogP contribution in [0, 0.1) is 0 Å². The van der Waals surface area contributed by atoms with Gasteiger partial charge in [-0.2, -0.15) is 4.57 Å². The molecular formula is C23H15N4+. The Hall–Kier alpha value is -3.79. The molecule has 3 aromatic carbocycles. The molecule has 0 spiro atoms. The molecule has 0 amide bonds. The molecule has 4 heterocycles. The Bertz CT molecular complexity index is 1610. The van der Waals surface area contributed by atoms with E-state index in [4.69, 9.17) is 0 Å². The van der Waals surface area contributed by atoms with E-state index in [1.807, 2.05) is 0 Å². The molecular weight excluding hydrogens is 332 g/mol. The van der Waals surface area contributed by atoms with Gasteiger partial charge < -0.3 is 0 Å². The van der Waals surface area contributed by atoms with Crippen LogP contribution < -0.4 is 4.57 Å². The first kappa shape index (κ1) is 13.4. The minimum atomic E-state index is 1.18. The van der Waals surface area contributed by atoms with Crippen molar-refractivity contribution in [3.05, 3.63) is 85.2 Å². The van der Waals surface area contributed by atoms with Crippen molar-refractivity contribution in [1.29, 1.82) is 0 Å². The lowest BCUT2D eigenvalue weighted by Crippen LogP contribution is -2.29. The number of benzene rings is 3. The zero-order chi connectivity index (χ0) is 17.5. The van der Waals surface area contributed by atoms with Gasteiger partial charge >= 0.3 is 0 Å². The Balaban J connectivity index is 1.90. The number of aromatic amines is 1. The lowest BCUT2D eigenvalue weighted by molar-refractivity contribution is -0.536. The molecule has 0 unspecified atom stereocenters. The fraction of sp³-hybridized carbons (Fsp3) is 0. The Morgan fingerprint density at radius 1 is 0.593 bits per heavy atom. The highest BCUT2D eigenvalue weighted by Gasteiger charge is 2.27. The molecule has 1 N–H and O–H groups in total. The Morgan fingerprint density at radius 3 is 2.33 bits per heavy atom. The van der Waals surface area contributed by atoms with Crippen molar-refractivity contribution in [1.82, 2.24) is 14.2 Å². The van der Waals surface area contributed by atoms with Gasteiger partial charge in [-0.3, -0.25) is 0 Å². The van der Waals surface area contributed by atoms with Gasteiger partial charge in [0.1, 0.15) is 0 Å². The molecule has 0 aliphatic rings. The molecule has 4 aromatic heterocycles. The molecule has 7 rings (SSSR count). The van der Waals surface area contributed by atoms with Gasteiger partial charge in [0.25, 0.3) is 0 Å². The van der Waals surface area contributed by atoms with Gasteiger partial charge in [0.15, 0.2) is 5.52 Å². The lowest BCUT2D eigenvalue weighted by atomic mass is 10.0. The fourth-order valence-corrected chi connectivity index (χ4v) is 4.65. The van der Waals surface area contributed by atoms with Crippen molar-refractivity contribution in [2.75, 3.05) is 0 Å². The average molecular weight is 347 g/mol. The molecule has 7 aromatic rings. The maximum Gasteiger partial charge on any atom is 0.238 e. The number of para-hydroxylation sites is 1. The SMILES string of the molecule is c1ccc(-[n+]2c3ccc4ccc5ccn6[nH]n7cccc2c7c3c4c56)cc1. The summed E-state index contributed by atoms with van der Waals surface area (Å²) >= 11 is 0. The first-order valence-electron chi connectivity index (χ1n) is 9.14. The number of aromatic nitrogens is 4. The van der Waals surface area contributed by atoms with Gasteiger partial charge in [-0.25, -0.2) is 14.2 Å². The third kappa shape index (κ3) is 1.52. The van der Waals surface area contributed by atoms with Crippen LogP contribution in [0.2, 0.25) is 0 Å². The van der Waals surface area contributed by atoms with Crippen LogP contribution in [0.5, 0.6) is 0 Å². The average Bonchev–Trinajstić information content (AvgIpc) is 3.23. The highest BCUT2D eigenvalue weighted by Crippen LogP contribution is 2.36. The molecule has 0 saturated carbocycles. The molecule has 27 heavy (non-hydrogen) atoms. The summed E-state index contributed by atoms with van der Waals surface area (Å²) in [6, 6.07) is 26.0. The highest BCUT2D eigenvalue weighted by molar-refractivity contribution is 6.25. The van der Waals surface area contributed by atoms with E-state index in [-0.39, 0.29) is 0 Å². The third-order valence-corrected chi connectivity index (χ3v) is 5.73. The molecule has 0 aliphatic heterocycles. The summed E-state index contributed by atoms with van der Waals surface area (Å²) in [5.74, 6) is 0. The number of hydrogen-bond acceptors (Lipinski definition) is 0. The predicted molar refractivity (Wildman–Crippen MR) is 108 cm³/mol. The molecule has 0 saturated heterocycles. The van der Waals surface area contributed by atoms with Crippen LogP contribution in [0.15, 0.2) is 85.2 Å². The fourth-order valence-electron chi connectivity index (χ4n) is 4.65. The van der Waals surface area contributed by atoms with Crippen LogP contribution in [0.4, 0.5) is 0 Å². The Labute approximate surface area is 153 Å². The van der Waals surface area contributed by atoms with E-state index in [2.05, 4.69) is 104 Å². The van der Waals surface area contributed by atoms with Crippen LogP contribution in [-0.4, -0.2) is 14.2 Å². The zero-order valence-corrected chi connectivity index (χ0v) is 14.4. The van der Waals surface area contributed by atoms with Gasteiger partial charge in [0.05, 0.1) is 10.9 Å². The second-order valence-electron chi connectivity index (χ2n) is 7.13. The van der Waals surface area contributed by atoms with Crippen molar-refractivity contribution in [3.8, 4) is 5.69 Å². The monoisotopic (exact) mass is 347 g/mol. The molecule has 4 nitrogen and oxygen atoms in total. The van der Waals surface area contributed by atoms with Crippen molar-refractivity contribution in [3.63, 3.8) is 0 Å². The van der Waals surface area contributed by atoms with Crippen LogP contribution in [0.25, 0.3) is 49.3 Å². The second-order valence-corrected chi connectivity index (χ2v) is 7.13. The van der Waals surface area contributed by atoms with Gasteiger partial charge in [0.2, 0.25) is 16.7 Å². The molecule has 0 aliphatic carbocycles. The molecule has 0 bridgehead atoms. The maximum absolute atomic E-state index is 3.55. The molecule has 0 atom stereocenters. The summed E-state index contributed by atoms with van der Waals surface area (Å²) in [7, 11) is 0. The van der Waals surface area contributed by atoms with Crippen LogP contribution in [-0.2, 0) is 0 Å². The van der Waals surface area contributed by atoms with E-state index in [9.17, 15) is 0 Å². The smallest absolute Gasteiger partial charge is 0.238 e. The molecule has 0 radical (unpaired) electrons. The zero-order valence-electron chi connectivity index (χ0n) is 14.4. The Morgan fingerprint density at radius 2 is 1.41 bits per heavy atom. The van der Waals surface area contributed by atoms with Gasteiger partial charge in [-0.15, -0.1) is 0 Å². The standard InChI is InChI=1S/C23H15N4/c1-2-5-17(6-3-1)27-18-11-10-15-8-9-16-12-14-26-22(16)20(15)21(18)23-19(27)7-4-13-25(23)24-26/h1-14,24H/q+1. The van der Waals surface area contributed by atoms with Crippen LogP contribution >= 0.6 is 0 Å². The summed E-state index contributed by atoms with van der Waals surface area (Å²) in [6.45, 7) is 0. The van der Waals surface area contributed by atoms with E-state index in [1.54, 1.807) is 0 Å². The summed E-state index contributed by atoms with van der Waals surface area (Å²) in [4.78, 5) is 0. The number of nitrogens with zero attached hydrogens (tertiary/aromatic N) is 3.